The van der Waals surface area contributed by atoms with Gasteiger partial charge < -0.3 is 25.0 Å². The van der Waals surface area contributed by atoms with Gasteiger partial charge in [-0.15, -0.1) is 11.3 Å². The van der Waals surface area contributed by atoms with Gasteiger partial charge in [-0.1, -0.05) is 0 Å². The average Bonchev–Trinajstić information content (AvgIpc) is 3.20. The van der Waals surface area contributed by atoms with E-state index in [4.69, 9.17) is 4.74 Å². The number of ether oxygens (including phenoxy) is 2. The van der Waals surface area contributed by atoms with Crippen molar-refractivity contribution in [1.29, 1.82) is 0 Å². The summed E-state index contributed by atoms with van der Waals surface area (Å²) in [7, 11) is 1.22. The van der Waals surface area contributed by atoms with Crippen LogP contribution in [0.15, 0.2) is 5.38 Å². The van der Waals surface area contributed by atoms with Crippen LogP contribution >= 0.6 is 11.3 Å². The zero-order chi connectivity index (χ0) is 23.2. The summed E-state index contributed by atoms with van der Waals surface area (Å²) in [6.07, 6.45) is 1.16. The Hall–Kier alpha value is -2.69. The Morgan fingerprint density at radius 3 is 2.48 bits per heavy atom. The number of carbonyl (C=O) groups excluding carboxylic acids is 4. The molecular formula is C20H30N4O6S. The highest BCUT2D eigenvalue weighted by Gasteiger charge is 2.29. The molecule has 1 atom stereocenters. The van der Waals surface area contributed by atoms with Gasteiger partial charge in [0.2, 0.25) is 5.91 Å². The standard InChI is InChI=1S/C20H30N4O6S/c1-12(16(26)21-10-15(25)29-5)22-17(27)14-11-31-18(23-14)13-6-8-24(9-7-13)19(28)30-20(2,3)4/h11-13H,6-10H2,1-5H3,(H,21,26)(H,22,27). The Morgan fingerprint density at radius 1 is 1.26 bits per heavy atom. The Kier molecular flexibility index (Phi) is 8.37. The molecule has 1 saturated heterocycles. The number of nitrogens with one attached hydrogen (secondary N) is 2. The summed E-state index contributed by atoms with van der Waals surface area (Å²) >= 11 is 1.39. The van der Waals surface area contributed by atoms with Crippen molar-refractivity contribution in [3.63, 3.8) is 0 Å². The topological polar surface area (TPSA) is 127 Å². The number of aromatic nitrogens is 1. The highest BCUT2D eigenvalue weighted by molar-refractivity contribution is 7.09. The van der Waals surface area contributed by atoms with Crippen molar-refractivity contribution in [2.45, 2.75) is 58.1 Å². The van der Waals surface area contributed by atoms with Gasteiger partial charge in [0.1, 0.15) is 23.9 Å². The molecule has 2 rings (SSSR count). The lowest BCUT2D eigenvalue weighted by atomic mass is 9.98. The molecule has 0 saturated carbocycles. The summed E-state index contributed by atoms with van der Waals surface area (Å²) in [4.78, 5) is 53.8. The molecule has 1 unspecified atom stereocenters. The predicted octanol–water partition coefficient (Wildman–Crippen LogP) is 1.67. The van der Waals surface area contributed by atoms with Gasteiger partial charge in [0, 0.05) is 24.4 Å². The lowest BCUT2D eigenvalue weighted by molar-refractivity contribution is -0.141. The van der Waals surface area contributed by atoms with Crippen LogP contribution in [0.1, 0.15) is 62.0 Å². The van der Waals surface area contributed by atoms with Crippen molar-refractivity contribution >= 4 is 35.2 Å². The van der Waals surface area contributed by atoms with E-state index in [2.05, 4.69) is 20.4 Å². The maximum Gasteiger partial charge on any atom is 0.410 e. The number of thiazole rings is 1. The van der Waals surface area contributed by atoms with E-state index in [0.717, 1.165) is 17.8 Å². The minimum absolute atomic E-state index is 0.158. The molecule has 0 bridgehead atoms. The van der Waals surface area contributed by atoms with Crippen LogP contribution in [0, 0.1) is 0 Å². The summed E-state index contributed by atoms with van der Waals surface area (Å²) in [5.74, 6) is -1.38. The molecule has 1 aliphatic heterocycles. The van der Waals surface area contributed by atoms with Gasteiger partial charge in [0.15, 0.2) is 0 Å². The number of rotatable bonds is 6. The second-order valence-corrected chi connectivity index (χ2v) is 9.19. The summed E-state index contributed by atoms with van der Waals surface area (Å²) in [5.41, 5.74) is -0.291. The van der Waals surface area contributed by atoms with Gasteiger partial charge in [0.05, 0.1) is 12.1 Å². The first-order valence-corrected chi connectivity index (χ1v) is 11.0. The Morgan fingerprint density at radius 2 is 1.90 bits per heavy atom. The van der Waals surface area contributed by atoms with Crippen LogP contribution in [0.25, 0.3) is 0 Å². The molecule has 10 nitrogen and oxygen atoms in total. The number of likely N-dealkylation sites (tertiary alicyclic amines) is 1. The lowest BCUT2D eigenvalue weighted by Crippen LogP contribution is -2.46. The molecule has 0 aliphatic carbocycles. The first-order valence-electron chi connectivity index (χ1n) is 10.1. The maximum absolute atomic E-state index is 12.4. The van der Waals surface area contributed by atoms with Gasteiger partial charge in [0.25, 0.3) is 5.91 Å². The third kappa shape index (κ3) is 7.50. The van der Waals surface area contributed by atoms with Crippen molar-refractivity contribution in [1.82, 2.24) is 20.5 Å². The van der Waals surface area contributed by atoms with Gasteiger partial charge in [-0.25, -0.2) is 9.78 Å². The second kappa shape index (κ2) is 10.6. The first-order chi connectivity index (χ1) is 14.5. The lowest BCUT2D eigenvalue weighted by Gasteiger charge is -2.32. The van der Waals surface area contributed by atoms with E-state index in [1.54, 1.807) is 10.3 Å². The van der Waals surface area contributed by atoms with Crippen molar-refractivity contribution < 1.29 is 28.7 Å². The number of piperidine rings is 1. The van der Waals surface area contributed by atoms with Gasteiger partial charge in [-0.3, -0.25) is 14.4 Å². The number of carbonyl (C=O) groups is 4. The van der Waals surface area contributed by atoms with E-state index in [1.165, 1.54) is 25.4 Å². The fraction of sp³-hybridized carbons (Fsp3) is 0.650. The highest BCUT2D eigenvalue weighted by Crippen LogP contribution is 2.30. The molecular weight excluding hydrogens is 424 g/mol. The average molecular weight is 455 g/mol. The molecule has 1 aliphatic rings. The van der Waals surface area contributed by atoms with Crippen LogP contribution in [-0.4, -0.2) is 72.1 Å². The fourth-order valence-electron chi connectivity index (χ4n) is 2.94. The van der Waals surface area contributed by atoms with E-state index in [-0.39, 0.29) is 24.2 Å². The minimum atomic E-state index is -0.834. The molecule has 1 aromatic rings. The molecule has 31 heavy (non-hydrogen) atoms. The smallest absolute Gasteiger partial charge is 0.410 e. The minimum Gasteiger partial charge on any atom is -0.468 e. The Labute approximate surface area is 185 Å². The van der Waals surface area contributed by atoms with E-state index in [9.17, 15) is 19.2 Å². The number of hydrogen-bond donors (Lipinski definition) is 2. The third-order valence-corrected chi connectivity index (χ3v) is 5.63. The number of hydrogen-bond acceptors (Lipinski definition) is 8. The zero-order valence-electron chi connectivity index (χ0n) is 18.5. The molecule has 2 N–H and O–H groups in total. The van der Waals surface area contributed by atoms with E-state index in [0.29, 0.717) is 13.1 Å². The monoisotopic (exact) mass is 454 g/mol. The second-order valence-electron chi connectivity index (χ2n) is 8.30. The normalized spacial score (nSPS) is 15.7. The van der Waals surface area contributed by atoms with Crippen molar-refractivity contribution in [3.05, 3.63) is 16.1 Å². The molecule has 0 aromatic carbocycles. The molecule has 1 fully saturated rings. The first kappa shape index (κ1) is 24.6. The van der Waals surface area contributed by atoms with Crippen molar-refractivity contribution in [2.24, 2.45) is 0 Å². The van der Waals surface area contributed by atoms with Gasteiger partial charge in [-0.2, -0.15) is 0 Å². The number of nitrogens with zero attached hydrogens (tertiary/aromatic N) is 2. The Balaban J connectivity index is 1.85. The summed E-state index contributed by atoms with van der Waals surface area (Å²) < 4.78 is 9.86. The van der Waals surface area contributed by atoms with E-state index in [1.807, 2.05) is 20.8 Å². The van der Waals surface area contributed by atoms with E-state index < -0.39 is 29.4 Å². The van der Waals surface area contributed by atoms with E-state index >= 15 is 0 Å². The SMILES string of the molecule is COC(=O)CNC(=O)C(C)NC(=O)c1csc(C2CCN(C(=O)OC(C)(C)C)CC2)n1. The molecule has 11 heteroatoms. The molecule has 0 radical (unpaired) electrons. The fourth-order valence-corrected chi connectivity index (χ4v) is 3.91. The number of methoxy groups -OCH3 is 1. The summed E-state index contributed by atoms with van der Waals surface area (Å²) in [6.45, 7) is 7.90. The van der Waals surface area contributed by atoms with Crippen LogP contribution in [0.4, 0.5) is 4.79 Å². The Bertz CT molecular complexity index is 811. The molecule has 172 valence electrons. The van der Waals surface area contributed by atoms with Gasteiger partial charge in [-0.05, 0) is 40.5 Å². The van der Waals surface area contributed by atoms with Crippen LogP contribution in [-0.2, 0) is 19.1 Å². The number of amides is 3. The van der Waals surface area contributed by atoms with Crippen molar-refractivity contribution in [3.8, 4) is 0 Å². The summed E-state index contributed by atoms with van der Waals surface area (Å²) in [6, 6.07) is -0.834. The zero-order valence-corrected chi connectivity index (χ0v) is 19.3. The largest absolute Gasteiger partial charge is 0.468 e. The van der Waals surface area contributed by atoms with Crippen LogP contribution < -0.4 is 10.6 Å². The van der Waals surface area contributed by atoms with Gasteiger partial charge >= 0.3 is 12.1 Å². The van der Waals surface area contributed by atoms with Crippen LogP contribution in [0.3, 0.4) is 0 Å². The van der Waals surface area contributed by atoms with Crippen molar-refractivity contribution in [2.75, 3.05) is 26.7 Å². The molecule has 3 amide bonds. The molecule has 1 aromatic heterocycles. The maximum atomic E-state index is 12.4. The third-order valence-electron chi connectivity index (χ3n) is 4.63. The van der Waals surface area contributed by atoms with Crippen LogP contribution in [0.5, 0.6) is 0 Å². The predicted molar refractivity (Wildman–Crippen MR) is 114 cm³/mol. The molecule has 2 heterocycles. The van der Waals surface area contributed by atoms with Crippen LogP contribution in [0.2, 0.25) is 0 Å². The number of esters is 1. The molecule has 0 spiro atoms. The summed E-state index contributed by atoms with van der Waals surface area (Å²) in [5, 5.41) is 7.44. The highest BCUT2D eigenvalue weighted by atomic mass is 32.1. The quantitative estimate of drug-likeness (QED) is 0.626.